The lowest BCUT2D eigenvalue weighted by atomic mass is 9.83. The Bertz CT molecular complexity index is 1200. The van der Waals surface area contributed by atoms with E-state index in [2.05, 4.69) is 25.3 Å². The fraction of sp³-hybridized carbons (Fsp3) is 0.421. The van der Waals surface area contributed by atoms with E-state index >= 15 is 0 Å². The van der Waals surface area contributed by atoms with E-state index in [9.17, 15) is 17.9 Å². The number of aromatic nitrogens is 4. The number of pyridine rings is 1. The van der Waals surface area contributed by atoms with Gasteiger partial charge in [0.2, 0.25) is 0 Å². The van der Waals surface area contributed by atoms with Crippen LogP contribution in [0.3, 0.4) is 0 Å². The van der Waals surface area contributed by atoms with Gasteiger partial charge in [0.05, 0.1) is 22.6 Å². The third kappa shape index (κ3) is 4.55. The van der Waals surface area contributed by atoms with Crippen molar-refractivity contribution in [3.8, 4) is 11.4 Å². The molecule has 0 amide bonds. The summed E-state index contributed by atoms with van der Waals surface area (Å²) in [4.78, 5) is 15.6. The monoisotopic (exact) mass is 453 g/mol. The topological polar surface area (TPSA) is 121 Å². The molecule has 3 aromatic heterocycles. The molecule has 3 aromatic rings. The summed E-state index contributed by atoms with van der Waals surface area (Å²) in [6.07, 6.45) is 7.23. The second-order valence-electron chi connectivity index (χ2n) is 7.87. The highest BCUT2D eigenvalue weighted by atomic mass is 35.5. The minimum absolute atomic E-state index is 0.00190. The molecule has 30 heavy (non-hydrogen) atoms. The molecular formula is C19H21ClFN5O3S. The summed E-state index contributed by atoms with van der Waals surface area (Å²) >= 11 is 6.04. The van der Waals surface area contributed by atoms with Gasteiger partial charge in [-0.25, -0.2) is 27.8 Å². The number of sulfone groups is 1. The van der Waals surface area contributed by atoms with E-state index in [0.29, 0.717) is 40.9 Å². The summed E-state index contributed by atoms with van der Waals surface area (Å²) in [5.74, 6) is -0.667. The third-order valence-electron chi connectivity index (χ3n) is 5.18. The zero-order chi connectivity index (χ0) is 21.5. The second-order valence-corrected chi connectivity index (χ2v) is 10.5. The Balaban J connectivity index is 1.60. The number of aromatic amines is 1. The minimum Gasteiger partial charge on any atom is -0.389 e. The fourth-order valence-electron chi connectivity index (χ4n) is 4.04. The summed E-state index contributed by atoms with van der Waals surface area (Å²) in [5.41, 5.74) is -0.107. The van der Waals surface area contributed by atoms with E-state index in [1.807, 2.05) is 0 Å². The smallest absolute Gasteiger partial charge is 0.183 e. The molecule has 1 aliphatic carbocycles. The number of fused-ring (bicyclic) bond motifs is 1. The summed E-state index contributed by atoms with van der Waals surface area (Å²) in [7, 11) is -3.34. The maximum atomic E-state index is 14.4. The molecule has 0 radical (unpaired) electrons. The van der Waals surface area contributed by atoms with Gasteiger partial charge in [-0.15, -0.1) is 0 Å². The van der Waals surface area contributed by atoms with E-state index < -0.39 is 21.3 Å². The first-order valence-corrected chi connectivity index (χ1v) is 11.9. The molecule has 1 fully saturated rings. The van der Waals surface area contributed by atoms with Crippen molar-refractivity contribution in [2.45, 2.75) is 37.3 Å². The third-order valence-corrected chi connectivity index (χ3v) is 6.44. The van der Waals surface area contributed by atoms with Crippen molar-refractivity contribution in [3.05, 3.63) is 35.5 Å². The van der Waals surface area contributed by atoms with E-state index in [4.69, 9.17) is 11.6 Å². The first kappa shape index (κ1) is 21.0. The standard InChI is InChI=1S/C19H21ClFN5O3S/c1-30(28,29)10-19(27)4-2-3-12(6-19)25-18-15(21)9-24-17(26-18)14-8-23-16-13(14)5-11(20)7-22-16/h5,7-9,12,27H,2-4,6,10H2,1H3,(H,22,23)(H,24,25,26)/t12?,19-/m1/s1. The second kappa shape index (κ2) is 7.75. The van der Waals surface area contributed by atoms with Crippen molar-refractivity contribution in [1.82, 2.24) is 19.9 Å². The summed E-state index contributed by atoms with van der Waals surface area (Å²) < 4.78 is 37.7. The predicted octanol–water partition coefficient (Wildman–Crippen LogP) is 2.94. The van der Waals surface area contributed by atoms with Crippen LogP contribution < -0.4 is 5.32 Å². The Morgan fingerprint density at radius 2 is 2.20 bits per heavy atom. The van der Waals surface area contributed by atoms with Crippen LogP contribution >= 0.6 is 11.6 Å². The van der Waals surface area contributed by atoms with Crippen LogP contribution in [0.1, 0.15) is 25.7 Å². The van der Waals surface area contributed by atoms with Gasteiger partial charge in [-0.1, -0.05) is 11.6 Å². The van der Waals surface area contributed by atoms with E-state index in [1.54, 1.807) is 12.3 Å². The Hall–Kier alpha value is -2.30. The van der Waals surface area contributed by atoms with Gasteiger partial charge in [0.1, 0.15) is 15.5 Å². The van der Waals surface area contributed by atoms with Crippen molar-refractivity contribution in [2.24, 2.45) is 0 Å². The number of nitrogens with one attached hydrogen (secondary N) is 2. The fourth-order valence-corrected chi connectivity index (χ4v) is 5.43. The average molecular weight is 454 g/mol. The van der Waals surface area contributed by atoms with Gasteiger partial charge in [-0.3, -0.25) is 0 Å². The number of hydrogen-bond acceptors (Lipinski definition) is 7. The van der Waals surface area contributed by atoms with Crippen LogP contribution in [-0.2, 0) is 9.84 Å². The normalized spacial score (nSPS) is 22.3. The molecule has 2 atom stereocenters. The Morgan fingerprint density at radius 3 is 2.97 bits per heavy atom. The van der Waals surface area contributed by atoms with Gasteiger partial charge < -0.3 is 15.4 Å². The summed E-state index contributed by atoms with van der Waals surface area (Å²) in [6.45, 7) is 0. The largest absolute Gasteiger partial charge is 0.389 e. The minimum atomic E-state index is -3.34. The van der Waals surface area contributed by atoms with Crippen molar-refractivity contribution < 1.29 is 17.9 Å². The number of anilines is 1. The molecule has 3 N–H and O–H groups in total. The number of rotatable bonds is 5. The molecule has 160 valence electrons. The molecule has 8 nitrogen and oxygen atoms in total. The maximum absolute atomic E-state index is 14.4. The van der Waals surface area contributed by atoms with Crippen LogP contribution in [0.25, 0.3) is 22.4 Å². The number of halogens is 2. The SMILES string of the molecule is CS(=O)(=O)C[C@@]1(O)CCCC(Nc2nc(-c3c[nH]c4ncc(Cl)cc34)ncc2F)C1. The molecule has 1 aliphatic rings. The van der Waals surface area contributed by atoms with Crippen LogP contribution in [0.2, 0.25) is 5.02 Å². The zero-order valence-electron chi connectivity index (χ0n) is 16.2. The molecule has 0 saturated heterocycles. The van der Waals surface area contributed by atoms with E-state index in [1.165, 1.54) is 6.20 Å². The van der Waals surface area contributed by atoms with Crippen molar-refractivity contribution in [2.75, 3.05) is 17.3 Å². The van der Waals surface area contributed by atoms with Gasteiger partial charge in [0, 0.05) is 35.6 Å². The van der Waals surface area contributed by atoms with Crippen LogP contribution in [0.5, 0.6) is 0 Å². The van der Waals surface area contributed by atoms with E-state index in [0.717, 1.165) is 12.5 Å². The first-order valence-electron chi connectivity index (χ1n) is 9.44. The van der Waals surface area contributed by atoms with Gasteiger partial charge in [-0.05, 0) is 31.7 Å². The van der Waals surface area contributed by atoms with Gasteiger partial charge >= 0.3 is 0 Å². The van der Waals surface area contributed by atoms with Crippen LogP contribution in [0.15, 0.2) is 24.7 Å². The lowest BCUT2D eigenvalue weighted by molar-refractivity contribution is 0.0214. The molecule has 0 spiro atoms. The number of hydrogen-bond donors (Lipinski definition) is 3. The highest BCUT2D eigenvalue weighted by Crippen LogP contribution is 2.32. The molecule has 11 heteroatoms. The number of aliphatic hydroxyl groups is 1. The highest BCUT2D eigenvalue weighted by Gasteiger charge is 2.37. The Morgan fingerprint density at radius 1 is 1.40 bits per heavy atom. The molecule has 1 unspecified atom stereocenters. The molecule has 0 aliphatic heterocycles. The average Bonchev–Trinajstić information content (AvgIpc) is 3.04. The highest BCUT2D eigenvalue weighted by molar-refractivity contribution is 7.90. The zero-order valence-corrected chi connectivity index (χ0v) is 17.8. The number of nitrogens with zero attached hydrogens (tertiary/aromatic N) is 3. The number of H-pyrrole nitrogens is 1. The lowest BCUT2D eigenvalue weighted by Gasteiger charge is -2.36. The Kier molecular flexibility index (Phi) is 5.41. The van der Waals surface area contributed by atoms with Crippen molar-refractivity contribution in [3.63, 3.8) is 0 Å². The molecular weight excluding hydrogens is 433 g/mol. The molecule has 0 aromatic carbocycles. The van der Waals surface area contributed by atoms with E-state index in [-0.39, 0.29) is 29.9 Å². The van der Waals surface area contributed by atoms with Crippen LogP contribution in [-0.4, -0.2) is 57.1 Å². The summed E-state index contributed by atoms with van der Waals surface area (Å²) in [5, 5.41) is 14.9. The molecule has 3 heterocycles. The first-order chi connectivity index (χ1) is 14.1. The van der Waals surface area contributed by atoms with Crippen molar-refractivity contribution >= 4 is 38.3 Å². The maximum Gasteiger partial charge on any atom is 0.183 e. The molecule has 1 saturated carbocycles. The lowest BCUT2D eigenvalue weighted by Crippen LogP contribution is -2.45. The van der Waals surface area contributed by atoms with Gasteiger partial charge in [0.15, 0.2) is 17.5 Å². The molecule has 4 rings (SSSR count). The van der Waals surface area contributed by atoms with Crippen molar-refractivity contribution in [1.29, 1.82) is 0 Å². The quantitative estimate of drug-likeness (QED) is 0.543. The van der Waals surface area contributed by atoms with Crippen LogP contribution in [0, 0.1) is 5.82 Å². The van der Waals surface area contributed by atoms with Gasteiger partial charge in [-0.2, -0.15) is 0 Å². The summed E-state index contributed by atoms with van der Waals surface area (Å²) in [6, 6.07) is 1.41. The van der Waals surface area contributed by atoms with Crippen LogP contribution in [0.4, 0.5) is 10.2 Å². The molecule has 0 bridgehead atoms. The van der Waals surface area contributed by atoms with Gasteiger partial charge in [0.25, 0.3) is 0 Å². The predicted molar refractivity (Wildman–Crippen MR) is 113 cm³/mol. The Labute approximate surface area is 177 Å².